The number of rotatable bonds is 10. The van der Waals surface area contributed by atoms with Gasteiger partial charge in [0, 0.05) is 19.3 Å². The summed E-state index contributed by atoms with van der Waals surface area (Å²) in [6.45, 7) is 14.6. The van der Waals surface area contributed by atoms with Crippen LogP contribution in [0, 0.1) is 0 Å². The molecule has 0 aliphatic carbocycles. The van der Waals surface area contributed by atoms with Crippen molar-refractivity contribution in [1.29, 1.82) is 0 Å². The third-order valence-corrected chi connectivity index (χ3v) is 6.37. The number of ether oxygens (including phenoxy) is 1. The second kappa shape index (κ2) is 11.0. The Kier molecular flexibility index (Phi) is 7.74. The molecule has 2 aromatic carbocycles. The van der Waals surface area contributed by atoms with Crippen molar-refractivity contribution in [3.8, 4) is 5.75 Å². The first-order valence-corrected chi connectivity index (χ1v) is 12.5. The Morgan fingerprint density at radius 1 is 1.03 bits per heavy atom. The number of aromatic nitrogens is 4. The Morgan fingerprint density at radius 3 is 2.44 bits per heavy atom. The van der Waals surface area contributed by atoms with Gasteiger partial charge in [0.2, 0.25) is 5.95 Å². The zero-order valence-corrected chi connectivity index (χ0v) is 21.9. The largest absolute Gasteiger partial charge is 0.471 e. The number of carbonyl (C=O) groups is 1. The number of para-hydroxylation sites is 2. The summed E-state index contributed by atoms with van der Waals surface area (Å²) in [7, 11) is 0. The maximum absolute atomic E-state index is 13.0. The number of benzene rings is 2. The summed E-state index contributed by atoms with van der Waals surface area (Å²) in [6, 6.07) is 17.7. The van der Waals surface area contributed by atoms with E-state index >= 15 is 0 Å². The molecule has 0 spiro atoms. The van der Waals surface area contributed by atoms with Crippen molar-refractivity contribution in [2.45, 2.75) is 53.3 Å². The van der Waals surface area contributed by atoms with Crippen molar-refractivity contribution in [2.24, 2.45) is 0 Å². The van der Waals surface area contributed by atoms with Crippen LogP contribution in [-0.2, 0) is 18.7 Å². The summed E-state index contributed by atoms with van der Waals surface area (Å²) in [6.07, 6.45) is 1.74. The van der Waals surface area contributed by atoms with E-state index in [2.05, 4.69) is 71.6 Å². The minimum atomic E-state index is -0.303. The molecule has 190 valence electrons. The summed E-state index contributed by atoms with van der Waals surface area (Å²) < 4.78 is 9.52. The lowest BCUT2D eigenvalue weighted by atomic mass is 9.87. The minimum Gasteiger partial charge on any atom is -0.471 e. The van der Waals surface area contributed by atoms with Crippen LogP contribution in [0.1, 0.15) is 50.7 Å². The highest BCUT2D eigenvalue weighted by Crippen LogP contribution is 2.24. The van der Waals surface area contributed by atoms with Gasteiger partial charge in [-0.15, -0.1) is 0 Å². The Hall–Kier alpha value is -3.65. The Balaban J connectivity index is 1.43. The standard InChI is InChI=1S/C28H36N6O2/c1-6-32(7-2)18-19-34-25-11-9-8-10-23(25)29-27(34)30-26(35)24-16-17-33(31-24)20-36-22-14-12-21(13-15-22)28(3,4)5/h8-17H,6-7,18-20H2,1-5H3,(H,29,30,35). The lowest BCUT2D eigenvalue weighted by Crippen LogP contribution is -2.27. The predicted octanol–water partition coefficient (Wildman–Crippen LogP) is 5.16. The summed E-state index contributed by atoms with van der Waals surface area (Å²) in [5.41, 5.74) is 3.49. The van der Waals surface area contributed by atoms with Crippen LogP contribution in [0.5, 0.6) is 5.75 Å². The van der Waals surface area contributed by atoms with Crippen molar-refractivity contribution in [3.63, 3.8) is 0 Å². The van der Waals surface area contributed by atoms with E-state index in [1.807, 2.05) is 36.4 Å². The molecule has 2 heterocycles. The Labute approximate surface area is 212 Å². The number of imidazole rings is 1. The van der Waals surface area contributed by atoms with Crippen LogP contribution >= 0.6 is 0 Å². The number of fused-ring (bicyclic) bond motifs is 1. The molecule has 0 radical (unpaired) electrons. The fourth-order valence-corrected chi connectivity index (χ4v) is 4.09. The molecule has 0 aliphatic rings. The maximum Gasteiger partial charge on any atom is 0.278 e. The molecule has 2 aromatic heterocycles. The number of hydrogen-bond acceptors (Lipinski definition) is 5. The van der Waals surface area contributed by atoms with Crippen LogP contribution in [0.2, 0.25) is 0 Å². The normalized spacial score (nSPS) is 11.8. The topological polar surface area (TPSA) is 77.2 Å². The summed E-state index contributed by atoms with van der Waals surface area (Å²) >= 11 is 0. The fraction of sp³-hybridized carbons (Fsp3) is 0.393. The van der Waals surface area contributed by atoms with Gasteiger partial charge in [-0.05, 0) is 54.4 Å². The van der Waals surface area contributed by atoms with E-state index in [9.17, 15) is 4.79 Å². The molecule has 36 heavy (non-hydrogen) atoms. The average molecular weight is 489 g/mol. The van der Waals surface area contributed by atoms with Gasteiger partial charge in [0.1, 0.15) is 5.75 Å². The first-order chi connectivity index (χ1) is 17.3. The van der Waals surface area contributed by atoms with Gasteiger partial charge < -0.3 is 14.2 Å². The van der Waals surface area contributed by atoms with E-state index in [-0.39, 0.29) is 18.1 Å². The van der Waals surface area contributed by atoms with Crippen LogP contribution in [0.25, 0.3) is 11.0 Å². The van der Waals surface area contributed by atoms with Crippen LogP contribution in [0.15, 0.2) is 60.8 Å². The molecule has 0 atom stereocenters. The molecule has 0 bridgehead atoms. The van der Waals surface area contributed by atoms with Gasteiger partial charge in [0.15, 0.2) is 12.4 Å². The average Bonchev–Trinajstić information content (AvgIpc) is 3.48. The van der Waals surface area contributed by atoms with Crippen molar-refractivity contribution >= 4 is 22.9 Å². The van der Waals surface area contributed by atoms with Gasteiger partial charge in [-0.1, -0.05) is 58.9 Å². The molecule has 4 aromatic rings. The summed E-state index contributed by atoms with van der Waals surface area (Å²) in [4.78, 5) is 20.0. The zero-order valence-electron chi connectivity index (χ0n) is 21.9. The molecular formula is C28H36N6O2. The highest BCUT2D eigenvalue weighted by Gasteiger charge is 2.17. The monoisotopic (exact) mass is 488 g/mol. The molecule has 8 nitrogen and oxygen atoms in total. The smallest absolute Gasteiger partial charge is 0.278 e. The number of hydrogen-bond donors (Lipinski definition) is 1. The summed E-state index contributed by atoms with van der Waals surface area (Å²) in [5, 5.41) is 7.36. The Bertz CT molecular complexity index is 1300. The predicted molar refractivity (Wildman–Crippen MR) is 143 cm³/mol. The molecule has 8 heteroatoms. The number of carbonyl (C=O) groups excluding carboxylic acids is 1. The van der Waals surface area contributed by atoms with Gasteiger partial charge in [0.05, 0.1) is 11.0 Å². The fourth-order valence-electron chi connectivity index (χ4n) is 4.09. The zero-order chi connectivity index (χ0) is 25.7. The second-order valence-corrected chi connectivity index (χ2v) is 9.85. The molecule has 0 saturated heterocycles. The lowest BCUT2D eigenvalue weighted by molar-refractivity contribution is 0.101. The third-order valence-electron chi connectivity index (χ3n) is 6.37. The van der Waals surface area contributed by atoms with Crippen LogP contribution in [0.3, 0.4) is 0 Å². The molecule has 1 amide bonds. The number of anilines is 1. The maximum atomic E-state index is 13.0. The number of nitrogens with zero attached hydrogens (tertiary/aromatic N) is 5. The van der Waals surface area contributed by atoms with E-state index in [4.69, 9.17) is 4.74 Å². The van der Waals surface area contributed by atoms with Gasteiger partial charge in [-0.3, -0.25) is 10.1 Å². The molecular weight excluding hydrogens is 452 g/mol. The first-order valence-electron chi connectivity index (χ1n) is 12.5. The van der Waals surface area contributed by atoms with E-state index in [1.54, 1.807) is 16.9 Å². The molecule has 1 N–H and O–H groups in total. The molecule has 4 rings (SSSR count). The van der Waals surface area contributed by atoms with Crippen molar-refractivity contribution in [2.75, 3.05) is 25.0 Å². The van der Waals surface area contributed by atoms with Gasteiger partial charge in [0.25, 0.3) is 5.91 Å². The highest BCUT2D eigenvalue weighted by atomic mass is 16.5. The van der Waals surface area contributed by atoms with E-state index in [1.165, 1.54) is 5.56 Å². The van der Waals surface area contributed by atoms with Crippen LogP contribution in [0.4, 0.5) is 5.95 Å². The van der Waals surface area contributed by atoms with Crippen LogP contribution < -0.4 is 10.1 Å². The van der Waals surface area contributed by atoms with Crippen LogP contribution in [-0.4, -0.2) is 49.8 Å². The molecule has 0 aliphatic heterocycles. The van der Waals surface area contributed by atoms with E-state index in [0.717, 1.165) is 43.0 Å². The van der Waals surface area contributed by atoms with Gasteiger partial charge in [-0.25, -0.2) is 9.67 Å². The first kappa shape index (κ1) is 25.4. The van der Waals surface area contributed by atoms with E-state index < -0.39 is 0 Å². The number of likely N-dealkylation sites (N-methyl/N-ethyl adjacent to an activating group) is 1. The Morgan fingerprint density at radius 2 is 1.75 bits per heavy atom. The SMILES string of the molecule is CCN(CC)CCn1c(NC(=O)c2ccn(COc3ccc(C(C)(C)C)cc3)n2)nc2ccccc21. The van der Waals surface area contributed by atoms with Crippen molar-refractivity contribution < 1.29 is 9.53 Å². The minimum absolute atomic E-state index is 0.0920. The second-order valence-electron chi connectivity index (χ2n) is 9.85. The third kappa shape index (κ3) is 5.94. The number of nitrogens with one attached hydrogen (secondary N) is 1. The lowest BCUT2D eigenvalue weighted by Gasteiger charge is -2.19. The summed E-state index contributed by atoms with van der Waals surface area (Å²) in [5.74, 6) is 0.979. The van der Waals surface area contributed by atoms with Gasteiger partial charge in [-0.2, -0.15) is 5.10 Å². The highest BCUT2D eigenvalue weighted by molar-refractivity contribution is 6.02. The molecule has 0 fully saturated rings. The number of amides is 1. The van der Waals surface area contributed by atoms with Crippen molar-refractivity contribution in [3.05, 3.63) is 72.1 Å². The van der Waals surface area contributed by atoms with Gasteiger partial charge >= 0.3 is 0 Å². The van der Waals surface area contributed by atoms with E-state index in [0.29, 0.717) is 11.6 Å². The quantitative estimate of drug-likeness (QED) is 0.334. The van der Waals surface area contributed by atoms with Crippen molar-refractivity contribution in [1.82, 2.24) is 24.2 Å². The molecule has 0 saturated carbocycles. The molecule has 0 unspecified atom stereocenters.